The van der Waals surface area contributed by atoms with Gasteiger partial charge in [-0.05, 0) is 60.6 Å². The topological polar surface area (TPSA) is 115 Å². The molecule has 2 heterocycles. The second kappa shape index (κ2) is 11.2. The minimum atomic E-state index is -3.72. The van der Waals surface area contributed by atoms with Crippen LogP contribution in [0.3, 0.4) is 0 Å². The van der Waals surface area contributed by atoms with Gasteiger partial charge in [-0.15, -0.1) is 16.9 Å². The molecular weight excluding hydrogens is 488 g/mol. The third-order valence-corrected chi connectivity index (χ3v) is 8.51. The molecule has 1 aliphatic heterocycles. The second-order valence-corrected chi connectivity index (χ2v) is 11.4. The second-order valence-electron chi connectivity index (χ2n) is 8.12. The van der Waals surface area contributed by atoms with Crippen LogP contribution in [0.2, 0.25) is 0 Å². The molecule has 1 N–H and O–H groups in total. The lowest BCUT2D eigenvalue weighted by atomic mass is 9.99. The Morgan fingerprint density at radius 2 is 1.91 bits per heavy atom. The first-order chi connectivity index (χ1) is 16.9. The number of methoxy groups -OCH3 is 1. The van der Waals surface area contributed by atoms with E-state index in [1.54, 1.807) is 23.9 Å². The fourth-order valence-corrected chi connectivity index (χ4v) is 6.09. The zero-order valence-electron chi connectivity index (χ0n) is 19.6. The Morgan fingerprint density at radius 3 is 2.60 bits per heavy atom. The van der Waals surface area contributed by atoms with Crippen molar-refractivity contribution in [2.75, 3.05) is 31.3 Å². The largest absolute Gasteiger partial charge is 0.497 e. The van der Waals surface area contributed by atoms with Crippen LogP contribution >= 0.6 is 11.8 Å². The molecule has 9 nitrogen and oxygen atoms in total. The lowest BCUT2D eigenvalue weighted by Crippen LogP contribution is -2.43. The number of anilines is 1. The predicted molar refractivity (Wildman–Crippen MR) is 133 cm³/mol. The number of sulfonamides is 1. The molecule has 1 amide bonds. The first kappa shape index (κ1) is 25.2. The van der Waals surface area contributed by atoms with Gasteiger partial charge in [0.2, 0.25) is 21.8 Å². The summed E-state index contributed by atoms with van der Waals surface area (Å²) in [6, 6.07) is 14.4. The molecule has 1 fully saturated rings. The van der Waals surface area contributed by atoms with E-state index in [1.807, 2.05) is 12.1 Å². The van der Waals surface area contributed by atoms with Crippen molar-refractivity contribution in [2.45, 2.75) is 36.0 Å². The average molecular weight is 517 g/mol. The molecule has 0 saturated carbocycles. The van der Waals surface area contributed by atoms with E-state index in [1.165, 1.54) is 28.4 Å². The SMILES string of the molecule is CCSc1ccc(Cc2nnc(NC(=O)C3CCCN(S(=O)(=O)c4ccc(OC)cc4)C3)o2)cc1. The lowest BCUT2D eigenvalue weighted by Gasteiger charge is -2.30. The minimum Gasteiger partial charge on any atom is -0.497 e. The highest BCUT2D eigenvalue weighted by Gasteiger charge is 2.33. The zero-order chi connectivity index (χ0) is 24.8. The third-order valence-electron chi connectivity index (χ3n) is 5.74. The standard InChI is InChI=1S/C24H28N4O5S2/c1-3-34-20-10-6-17(7-11-20)15-22-26-27-24(33-22)25-23(29)18-5-4-14-28(16-18)35(30,31)21-12-8-19(32-2)9-13-21/h6-13,18H,3-5,14-16H2,1-2H3,(H,25,27,29). The van der Waals surface area contributed by atoms with Crippen molar-refractivity contribution in [1.29, 1.82) is 0 Å². The van der Waals surface area contributed by atoms with Crippen LogP contribution in [0.15, 0.2) is 62.7 Å². The van der Waals surface area contributed by atoms with E-state index in [2.05, 4.69) is 34.6 Å². The zero-order valence-corrected chi connectivity index (χ0v) is 21.3. The van der Waals surface area contributed by atoms with Gasteiger partial charge in [0, 0.05) is 18.0 Å². The van der Waals surface area contributed by atoms with Crippen molar-refractivity contribution in [3.8, 4) is 5.75 Å². The Hall–Kier alpha value is -2.89. The smallest absolute Gasteiger partial charge is 0.322 e. The molecule has 11 heteroatoms. The van der Waals surface area contributed by atoms with Gasteiger partial charge in [0.25, 0.3) is 0 Å². The molecule has 186 valence electrons. The van der Waals surface area contributed by atoms with Crippen LogP contribution in [0.1, 0.15) is 31.2 Å². The van der Waals surface area contributed by atoms with Gasteiger partial charge in [-0.1, -0.05) is 24.2 Å². The summed E-state index contributed by atoms with van der Waals surface area (Å²) < 4.78 is 38.2. The van der Waals surface area contributed by atoms with Gasteiger partial charge in [-0.3, -0.25) is 10.1 Å². The fraction of sp³-hybridized carbons (Fsp3) is 0.375. The first-order valence-electron chi connectivity index (χ1n) is 11.4. The summed E-state index contributed by atoms with van der Waals surface area (Å²) >= 11 is 1.77. The van der Waals surface area contributed by atoms with Gasteiger partial charge in [-0.2, -0.15) is 4.31 Å². The fourth-order valence-electron chi connectivity index (χ4n) is 3.90. The number of amides is 1. The quantitative estimate of drug-likeness (QED) is 0.427. The molecule has 1 atom stereocenters. The van der Waals surface area contributed by atoms with E-state index in [4.69, 9.17) is 9.15 Å². The van der Waals surface area contributed by atoms with Crippen molar-refractivity contribution in [2.24, 2.45) is 5.92 Å². The van der Waals surface area contributed by atoms with Crippen LogP contribution in [0, 0.1) is 5.92 Å². The number of thioether (sulfide) groups is 1. The van der Waals surface area contributed by atoms with Crippen molar-refractivity contribution < 1.29 is 22.4 Å². The predicted octanol–water partition coefficient (Wildman–Crippen LogP) is 3.82. The number of aromatic nitrogens is 2. The summed E-state index contributed by atoms with van der Waals surface area (Å²) in [5.41, 5.74) is 1.03. The number of benzene rings is 2. The number of rotatable bonds is 9. The molecule has 1 aliphatic rings. The molecule has 35 heavy (non-hydrogen) atoms. The monoisotopic (exact) mass is 516 g/mol. The van der Waals surface area contributed by atoms with Gasteiger partial charge in [0.15, 0.2) is 0 Å². The Labute approximate surface area is 209 Å². The van der Waals surface area contributed by atoms with Crippen LogP contribution < -0.4 is 10.1 Å². The Balaban J connectivity index is 1.36. The molecule has 1 saturated heterocycles. The number of carbonyl (C=O) groups excluding carboxylic acids is 1. The van der Waals surface area contributed by atoms with Crippen LogP contribution in [-0.2, 0) is 21.2 Å². The molecular formula is C24H28N4O5S2. The summed E-state index contributed by atoms with van der Waals surface area (Å²) in [5, 5.41) is 10.6. The molecule has 0 aliphatic carbocycles. The highest BCUT2D eigenvalue weighted by Crippen LogP contribution is 2.26. The number of piperidine rings is 1. The van der Waals surface area contributed by atoms with Crippen LogP contribution in [0.25, 0.3) is 0 Å². The van der Waals surface area contributed by atoms with Gasteiger partial charge >= 0.3 is 6.01 Å². The first-order valence-corrected chi connectivity index (χ1v) is 13.8. The van der Waals surface area contributed by atoms with E-state index in [-0.39, 0.29) is 23.4 Å². The van der Waals surface area contributed by atoms with Gasteiger partial charge < -0.3 is 9.15 Å². The third kappa shape index (κ3) is 6.22. The molecule has 0 bridgehead atoms. The van der Waals surface area contributed by atoms with Crippen LogP contribution in [0.5, 0.6) is 5.75 Å². The van der Waals surface area contributed by atoms with Crippen molar-refractivity contribution in [3.05, 3.63) is 60.0 Å². The van der Waals surface area contributed by atoms with Gasteiger partial charge in [0.05, 0.1) is 24.3 Å². The molecule has 0 spiro atoms. The van der Waals surface area contributed by atoms with Gasteiger partial charge in [-0.25, -0.2) is 8.42 Å². The van der Waals surface area contributed by atoms with Crippen molar-refractivity contribution >= 4 is 33.7 Å². The Kier molecular flexibility index (Phi) is 8.09. The Morgan fingerprint density at radius 1 is 1.17 bits per heavy atom. The van der Waals surface area contributed by atoms with E-state index >= 15 is 0 Å². The van der Waals surface area contributed by atoms with Crippen LogP contribution in [0.4, 0.5) is 6.01 Å². The Bertz CT molecular complexity index is 1240. The summed E-state index contributed by atoms with van der Waals surface area (Å²) in [5.74, 6) is 1.12. The molecule has 1 unspecified atom stereocenters. The van der Waals surface area contributed by atoms with Crippen molar-refractivity contribution in [1.82, 2.24) is 14.5 Å². The molecule has 1 aromatic heterocycles. The van der Waals surface area contributed by atoms with Crippen molar-refractivity contribution in [3.63, 3.8) is 0 Å². The molecule has 2 aromatic carbocycles. The number of hydrogen-bond donors (Lipinski definition) is 1. The number of carbonyl (C=O) groups is 1. The highest BCUT2D eigenvalue weighted by molar-refractivity contribution is 7.99. The minimum absolute atomic E-state index is 0.0123. The van der Waals surface area contributed by atoms with E-state index in [0.717, 1.165) is 11.3 Å². The summed E-state index contributed by atoms with van der Waals surface area (Å²) in [4.78, 5) is 14.2. The molecule has 0 radical (unpaired) electrons. The molecule has 4 rings (SSSR count). The van der Waals surface area contributed by atoms with Gasteiger partial charge in [0.1, 0.15) is 5.75 Å². The van der Waals surface area contributed by atoms with E-state index < -0.39 is 15.9 Å². The normalized spacial score (nSPS) is 16.7. The summed E-state index contributed by atoms with van der Waals surface area (Å²) in [6.45, 7) is 2.55. The maximum absolute atomic E-state index is 13.1. The van der Waals surface area contributed by atoms with E-state index in [9.17, 15) is 13.2 Å². The molecule has 3 aromatic rings. The number of hydrogen-bond acceptors (Lipinski definition) is 8. The maximum atomic E-state index is 13.1. The highest BCUT2D eigenvalue weighted by atomic mass is 32.2. The summed E-state index contributed by atoms with van der Waals surface area (Å²) in [6.07, 6.45) is 1.61. The number of ether oxygens (including phenoxy) is 1. The van der Waals surface area contributed by atoms with E-state index in [0.29, 0.717) is 37.4 Å². The number of nitrogens with one attached hydrogen (secondary N) is 1. The summed E-state index contributed by atoms with van der Waals surface area (Å²) in [7, 11) is -2.20. The maximum Gasteiger partial charge on any atom is 0.322 e. The van der Waals surface area contributed by atoms with Crippen LogP contribution in [-0.4, -0.2) is 54.8 Å². The number of nitrogens with zero attached hydrogens (tertiary/aromatic N) is 3. The lowest BCUT2D eigenvalue weighted by molar-refractivity contribution is -0.121. The average Bonchev–Trinajstić information content (AvgIpc) is 3.32.